The van der Waals surface area contributed by atoms with Crippen molar-refractivity contribution in [3.63, 3.8) is 0 Å². The van der Waals surface area contributed by atoms with Gasteiger partial charge in [0.25, 0.3) is 0 Å². The highest BCUT2D eigenvalue weighted by Crippen LogP contribution is 2.22. The third kappa shape index (κ3) is 2.37. The van der Waals surface area contributed by atoms with Crippen molar-refractivity contribution in [1.29, 1.82) is 0 Å². The maximum atomic E-state index is 13.3. The Labute approximate surface area is 112 Å². The highest BCUT2D eigenvalue weighted by Gasteiger charge is 2.05. The van der Waals surface area contributed by atoms with Gasteiger partial charge in [-0.3, -0.25) is 0 Å². The van der Waals surface area contributed by atoms with E-state index in [1.54, 1.807) is 12.1 Å². The van der Waals surface area contributed by atoms with Gasteiger partial charge in [0, 0.05) is 0 Å². The fourth-order valence-electron chi connectivity index (χ4n) is 2.41. The zero-order chi connectivity index (χ0) is 13.2. The molecule has 3 aromatic rings. The quantitative estimate of drug-likeness (QED) is 0.614. The van der Waals surface area contributed by atoms with Gasteiger partial charge in [-0.1, -0.05) is 48.5 Å². The average Bonchev–Trinajstić information content (AvgIpc) is 2.43. The summed E-state index contributed by atoms with van der Waals surface area (Å²) >= 11 is 0. The van der Waals surface area contributed by atoms with E-state index in [0.29, 0.717) is 6.42 Å². The smallest absolute Gasteiger partial charge is 0.123 e. The lowest BCUT2D eigenvalue weighted by Gasteiger charge is -2.09. The van der Waals surface area contributed by atoms with Crippen LogP contribution in [-0.4, -0.2) is 0 Å². The van der Waals surface area contributed by atoms with Gasteiger partial charge in [-0.15, -0.1) is 0 Å². The third-order valence-electron chi connectivity index (χ3n) is 3.43. The van der Waals surface area contributed by atoms with Crippen molar-refractivity contribution in [3.05, 3.63) is 90.1 Å². The monoisotopic (exact) mass is 249 g/mol. The van der Waals surface area contributed by atoms with Crippen LogP contribution in [0.1, 0.15) is 16.7 Å². The van der Waals surface area contributed by atoms with E-state index >= 15 is 0 Å². The summed E-state index contributed by atoms with van der Waals surface area (Å²) in [5.41, 5.74) is 3.03. The second-order valence-electron chi connectivity index (χ2n) is 4.73. The van der Waals surface area contributed by atoms with E-state index in [9.17, 15) is 4.39 Å². The first-order chi connectivity index (χ1) is 9.24. The molecule has 3 aromatic carbocycles. The molecule has 93 valence electrons. The minimum absolute atomic E-state index is 0.206. The van der Waals surface area contributed by atoms with Crippen LogP contribution in [0.15, 0.2) is 60.7 Å². The molecule has 0 aliphatic carbocycles. The van der Waals surface area contributed by atoms with Gasteiger partial charge in [0.05, 0.1) is 0 Å². The van der Waals surface area contributed by atoms with E-state index in [1.165, 1.54) is 22.4 Å². The van der Waals surface area contributed by atoms with Gasteiger partial charge < -0.3 is 0 Å². The minimum atomic E-state index is -0.206. The summed E-state index contributed by atoms with van der Waals surface area (Å²) in [6.07, 6.45) is 0.706. The predicted molar refractivity (Wildman–Crippen MR) is 77.6 cm³/mol. The molecule has 0 saturated carbocycles. The van der Waals surface area contributed by atoms with Gasteiger partial charge in [0.15, 0.2) is 0 Å². The highest BCUT2D eigenvalue weighted by atomic mass is 19.1. The van der Waals surface area contributed by atoms with Gasteiger partial charge in [-0.05, 0) is 52.9 Å². The summed E-state index contributed by atoms with van der Waals surface area (Å²) in [4.78, 5) is 0. The molecular weight excluding hydrogens is 235 g/mol. The van der Waals surface area contributed by atoms with Crippen LogP contribution in [0.4, 0.5) is 4.39 Å². The predicted octanol–water partition coefficient (Wildman–Crippen LogP) is 4.75. The largest absolute Gasteiger partial charge is 0.207 e. The Morgan fingerprint density at radius 3 is 2.53 bits per heavy atom. The number of rotatable bonds is 2. The van der Waals surface area contributed by atoms with E-state index in [-0.39, 0.29) is 5.82 Å². The third-order valence-corrected chi connectivity index (χ3v) is 3.43. The minimum Gasteiger partial charge on any atom is -0.207 e. The first-order valence-electron chi connectivity index (χ1n) is 6.31. The van der Waals surface area contributed by atoms with Crippen molar-refractivity contribution in [2.24, 2.45) is 0 Å². The van der Waals surface area contributed by atoms with Crippen LogP contribution in [0.2, 0.25) is 0 Å². The molecule has 0 fully saturated rings. The lowest BCUT2D eigenvalue weighted by atomic mass is 9.96. The number of fused-ring (bicyclic) bond motifs is 1. The van der Waals surface area contributed by atoms with Crippen LogP contribution >= 0.6 is 0 Å². The van der Waals surface area contributed by atoms with Crippen LogP contribution in [0.3, 0.4) is 0 Å². The molecule has 19 heavy (non-hydrogen) atoms. The first kappa shape index (κ1) is 11.9. The Morgan fingerprint density at radius 1 is 0.842 bits per heavy atom. The van der Waals surface area contributed by atoms with E-state index in [0.717, 1.165) is 11.1 Å². The topological polar surface area (TPSA) is 0 Å². The molecule has 0 aromatic heterocycles. The summed E-state index contributed by atoms with van der Waals surface area (Å²) in [6.45, 7) is 3.97. The molecular formula is C18H14F. The van der Waals surface area contributed by atoms with Crippen molar-refractivity contribution in [2.75, 3.05) is 0 Å². The molecule has 0 bridgehead atoms. The van der Waals surface area contributed by atoms with Crippen molar-refractivity contribution in [1.82, 2.24) is 0 Å². The Hall–Kier alpha value is -2.15. The molecule has 0 spiro atoms. The molecule has 0 saturated heterocycles. The van der Waals surface area contributed by atoms with E-state index in [1.807, 2.05) is 18.2 Å². The SMILES string of the molecule is [CH2]c1ccc(F)cc1Cc1cccc2ccccc12. The Bertz CT molecular complexity index is 723. The van der Waals surface area contributed by atoms with Crippen LogP contribution in [-0.2, 0) is 6.42 Å². The molecule has 0 aliphatic rings. The molecule has 0 heterocycles. The second kappa shape index (κ2) is 4.85. The van der Waals surface area contributed by atoms with Crippen LogP contribution in [0.25, 0.3) is 10.8 Å². The molecule has 0 nitrogen and oxygen atoms in total. The normalized spacial score (nSPS) is 10.8. The van der Waals surface area contributed by atoms with Gasteiger partial charge in [-0.25, -0.2) is 4.39 Å². The Kier molecular flexibility index (Phi) is 3.04. The fourth-order valence-corrected chi connectivity index (χ4v) is 2.41. The molecule has 0 amide bonds. The van der Waals surface area contributed by atoms with Crippen molar-refractivity contribution < 1.29 is 4.39 Å². The van der Waals surface area contributed by atoms with Crippen LogP contribution < -0.4 is 0 Å². The maximum absolute atomic E-state index is 13.3. The summed E-state index contributed by atoms with van der Waals surface area (Å²) in [5, 5.41) is 2.43. The average molecular weight is 249 g/mol. The van der Waals surface area contributed by atoms with Crippen molar-refractivity contribution >= 4 is 10.8 Å². The van der Waals surface area contributed by atoms with Crippen molar-refractivity contribution in [3.8, 4) is 0 Å². The Morgan fingerprint density at radius 2 is 1.63 bits per heavy atom. The lowest BCUT2D eigenvalue weighted by Crippen LogP contribution is -1.94. The molecule has 0 N–H and O–H groups in total. The standard InChI is InChI=1S/C18H14F/c1-13-9-10-17(19)12-16(13)11-15-7-4-6-14-5-2-3-8-18(14)15/h2-10,12H,1,11H2. The van der Waals surface area contributed by atoms with Crippen LogP contribution in [0, 0.1) is 12.7 Å². The fraction of sp³-hybridized carbons (Fsp3) is 0.0556. The molecule has 0 unspecified atom stereocenters. The van der Waals surface area contributed by atoms with Gasteiger partial charge in [-0.2, -0.15) is 0 Å². The van der Waals surface area contributed by atoms with E-state index < -0.39 is 0 Å². The lowest BCUT2D eigenvalue weighted by molar-refractivity contribution is 0.625. The summed E-state index contributed by atoms with van der Waals surface area (Å²) in [6, 6.07) is 19.2. The summed E-state index contributed by atoms with van der Waals surface area (Å²) < 4.78 is 13.3. The molecule has 3 rings (SSSR count). The number of hydrogen-bond acceptors (Lipinski definition) is 0. The second-order valence-corrected chi connectivity index (χ2v) is 4.73. The number of benzene rings is 3. The molecule has 0 aliphatic heterocycles. The zero-order valence-electron chi connectivity index (χ0n) is 10.6. The van der Waals surface area contributed by atoms with Gasteiger partial charge in [0.1, 0.15) is 5.82 Å². The van der Waals surface area contributed by atoms with Crippen molar-refractivity contribution in [2.45, 2.75) is 6.42 Å². The Balaban J connectivity index is 2.08. The maximum Gasteiger partial charge on any atom is 0.123 e. The van der Waals surface area contributed by atoms with E-state index in [4.69, 9.17) is 0 Å². The zero-order valence-corrected chi connectivity index (χ0v) is 10.6. The first-order valence-corrected chi connectivity index (χ1v) is 6.31. The van der Waals surface area contributed by atoms with Gasteiger partial charge in [0.2, 0.25) is 0 Å². The summed E-state index contributed by atoms with van der Waals surface area (Å²) in [5.74, 6) is -0.206. The van der Waals surface area contributed by atoms with Crippen LogP contribution in [0.5, 0.6) is 0 Å². The number of halogens is 1. The molecule has 1 heteroatoms. The van der Waals surface area contributed by atoms with E-state index in [2.05, 4.69) is 31.2 Å². The molecule has 0 atom stereocenters. The summed E-state index contributed by atoms with van der Waals surface area (Å²) in [7, 11) is 0. The number of hydrogen-bond donors (Lipinski definition) is 0. The molecule has 1 radical (unpaired) electrons. The van der Waals surface area contributed by atoms with Gasteiger partial charge >= 0.3 is 0 Å². The highest BCUT2D eigenvalue weighted by molar-refractivity contribution is 5.85.